The van der Waals surface area contributed by atoms with E-state index in [1.54, 1.807) is 9.80 Å². The summed E-state index contributed by atoms with van der Waals surface area (Å²) in [5.41, 5.74) is -2.16. The van der Waals surface area contributed by atoms with Crippen LogP contribution in [0.15, 0.2) is 65.1 Å². The molecule has 1 aromatic carbocycles. The van der Waals surface area contributed by atoms with Crippen molar-refractivity contribution < 1.29 is 22.0 Å². The quantitative estimate of drug-likeness (QED) is 0.298. The molecule has 0 unspecified atom stereocenters. The topological polar surface area (TPSA) is 122 Å². The third-order valence-corrected chi connectivity index (χ3v) is 9.33. The van der Waals surface area contributed by atoms with E-state index in [1.165, 1.54) is 44.6 Å². The Balaban J connectivity index is 1.84. The molecule has 0 radical (unpaired) electrons. The molecule has 0 spiro atoms. The molecule has 0 aliphatic carbocycles. The van der Waals surface area contributed by atoms with Gasteiger partial charge in [-0.1, -0.05) is 24.2 Å². The lowest BCUT2D eigenvalue weighted by Gasteiger charge is -2.40. The van der Waals surface area contributed by atoms with Crippen molar-refractivity contribution in [1.82, 2.24) is 28.7 Å². The molecule has 4 aromatic rings. The zero-order valence-electron chi connectivity index (χ0n) is 23.3. The molecular weight excluding hydrogens is 604 g/mol. The van der Waals surface area contributed by atoms with E-state index >= 15 is 4.39 Å². The Morgan fingerprint density at radius 1 is 1.16 bits per heavy atom. The lowest BCUT2D eigenvalue weighted by molar-refractivity contribution is -0.126. The number of fused-ring (bicyclic) bond motifs is 1. The van der Waals surface area contributed by atoms with Gasteiger partial charge in [-0.3, -0.25) is 9.78 Å². The fraction of sp³-hybridized carbons (Fsp3) is 0.250. The molecule has 5 rings (SSSR count). The number of hydrogen-bond acceptors (Lipinski definition) is 8. The van der Waals surface area contributed by atoms with Crippen molar-refractivity contribution in [3.05, 3.63) is 82.5 Å². The minimum atomic E-state index is -4.11. The molecule has 1 amide bonds. The van der Waals surface area contributed by atoms with Crippen LogP contribution in [0.5, 0.6) is 0 Å². The summed E-state index contributed by atoms with van der Waals surface area (Å²) in [6.07, 6.45) is 3.61. The summed E-state index contributed by atoms with van der Waals surface area (Å²) >= 11 is 6.25. The van der Waals surface area contributed by atoms with Crippen LogP contribution in [0.1, 0.15) is 6.92 Å². The van der Waals surface area contributed by atoms with Gasteiger partial charge in [0.05, 0.1) is 27.9 Å². The van der Waals surface area contributed by atoms with Crippen LogP contribution in [0.2, 0.25) is 5.02 Å². The maximum absolute atomic E-state index is 15.8. The Morgan fingerprint density at radius 2 is 1.91 bits per heavy atom. The number of benzene rings is 1. The molecule has 3 aromatic heterocycles. The molecule has 4 heterocycles. The highest BCUT2D eigenvalue weighted by atomic mass is 35.5. The maximum atomic E-state index is 15.8. The number of halogens is 3. The van der Waals surface area contributed by atoms with Crippen LogP contribution in [-0.4, -0.2) is 82.8 Å². The van der Waals surface area contributed by atoms with E-state index in [1.807, 2.05) is 6.92 Å². The Morgan fingerprint density at radius 3 is 2.56 bits per heavy atom. The van der Waals surface area contributed by atoms with Crippen molar-refractivity contribution in [2.75, 3.05) is 38.6 Å². The summed E-state index contributed by atoms with van der Waals surface area (Å²) in [6, 6.07) is 5.72. The number of carbonyl (C=O) groups is 1. The first-order valence-electron chi connectivity index (χ1n) is 13.0. The first-order chi connectivity index (χ1) is 20.4. The van der Waals surface area contributed by atoms with Gasteiger partial charge in [0.25, 0.3) is 0 Å². The van der Waals surface area contributed by atoms with E-state index in [0.29, 0.717) is 0 Å². The summed E-state index contributed by atoms with van der Waals surface area (Å²) in [5.74, 6) is -2.00. The normalized spacial score (nSPS) is 15.7. The third kappa shape index (κ3) is 5.26. The number of aromatic nitrogens is 4. The van der Waals surface area contributed by atoms with Crippen LogP contribution in [0.3, 0.4) is 0 Å². The Kier molecular flexibility index (Phi) is 8.03. The van der Waals surface area contributed by atoms with E-state index in [9.17, 15) is 22.4 Å². The van der Waals surface area contributed by atoms with E-state index in [2.05, 4.69) is 21.5 Å². The lowest BCUT2D eigenvalue weighted by atomic mass is 10.1. The number of amides is 1. The summed E-state index contributed by atoms with van der Waals surface area (Å²) in [7, 11) is -1.46. The number of carbonyl (C=O) groups excluding carboxylic acids is 1. The average Bonchev–Trinajstić information content (AvgIpc) is 2.96. The van der Waals surface area contributed by atoms with E-state index in [0.717, 1.165) is 27.2 Å². The second-order valence-electron chi connectivity index (χ2n) is 10.0. The van der Waals surface area contributed by atoms with Crippen molar-refractivity contribution in [2.45, 2.75) is 17.9 Å². The Labute approximate surface area is 250 Å². The smallest absolute Gasteiger partial charge is 0.350 e. The zero-order valence-corrected chi connectivity index (χ0v) is 24.9. The van der Waals surface area contributed by atoms with Crippen LogP contribution in [-0.2, 0) is 14.8 Å². The minimum Gasteiger partial charge on any atom is -0.350 e. The molecule has 43 heavy (non-hydrogen) atoms. The van der Waals surface area contributed by atoms with Gasteiger partial charge in [0.2, 0.25) is 15.9 Å². The molecule has 1 aliphatic rings. The predicted octanol–water partition coefficient (Wildman–Crippen LogP) is 3.25. The highest BCUT2D eigenvalue weighted by molar-refractivity contribution is 7.89. The number of sulfonamides is 1. The highest BCUT2D eigenvalue weighted by Gasteiger charge is 2.31. The summed E-state index contributed by atoms with van der Waals surface area (Å²) in [5, 5.41) is -0.0801. The third-order valence-electron chi connectivity index (χ3n) is 7.15. The van der Waals surface area contributed by atoms with Crippen molar-refractivity contribution in [3.8, 4) is 16.9 Å². The lowest BCUT2D eigenvalue weighted by Crippen LogP contribution is -2.54. The molecule has 0 bridgehead atoms. The predicted molar refractivity (Wildman–Crippen MR) is 158 cm³/mol. The molecule has 1 aliphatic heterocycles. The van der Waals surface area contributed by atoms with Gasteiger partial charge in [0.1, 0.15) is 22.2 Å². The van der Waals surface area contributed by atoms with Crippen LogP contribution in [0.4, 0.5) is 14.6 Å². The number of hydrogen-bond donors (Lipinski definition) is 0. The second-order valence-corrected chi connectivity index (χ2v) is 12.5. The molecule has 0 saturated carbocycles. The average molecular weight is 630 g/mol. The van der Waals surface area contributed by atoms with Gasteiger partial charge in [-0.2, -0.15) is 4.98 Å². The van der Waals surface area contributed by atoms with E-state index in [4.69, 9.17) is 11.6 Å². The molecule has 0 N–H and O–H groups in total. The molecular formula is C28H26ClF2N7O4S. The van der Waals surface area contributed by atoms with Gasteiger partial charge in [-0.15, -0.1) is 0 Å². The SMILES string of the molecule is C=CC(=O)N1CCN(c2nc(=O)n(-c3cnccc3S(=O)(=O)N(C)C)c3nc(-c4c(F)cccc4Cl)c(F)cc23)[C@@H](C)C1. The van der Waals surface area contributed by atoms with Gasteiger partial charge < -0.3 is 9.80 Å². The standard InChI is InChI=1S/C28H26ClF2N7O4S/c1-5-23(39)36-11-12-37(16(2)15-36)26-17-13-20(31)25(24-18(29)7-6-8-19(24)30)33-27(17)38(28(40)34-26)21-14-32-10-9-22(21)43(41,42)35(3)4/h5-10,13-14,16H,1,11-12,15H2,2-4H3/t16-/m0/s1. The number of piperazine rings is 1. The first-order valence-corrected chi connectivity index (χ1v) is 14.8. The van der Waals surface area contributed by atoms with Crippen molar-refractivity contribution in [1.29, 1.82) is 0 Å². The highest BCUT2D eigenvalue weighted by Crippen LogP contribution is 2.36. The molecule has 1 saturated heterocycles. The number of anilines is 1. The van der Waals surface area contributed by atoms with Gasteiger partial charge in [0, 0.05) is 46.0 Å². The summed E-state index contributed by atoms with van der Waals surface area (Å²) < 4.78 is 59.1. The van der Waals surface area contributed by atoms with Crippen LogP contribution >= 0.6 is 11.6 Å². The molecule has 224 valence electrons. The van der Waals surface area contributed by atoms with E-state index in [-0.39, 0.29) is 69.6 Å². The van der Waals surface area contributed by atoms with Crippen molar-refractivity contribution in [3.63, 3.8) is 0 Å². The molecule has 1 atom stereocenters. The van der Waals surface area contributed by atoms with Crippen molar-refractivity contribution in [2.24, 2.45) is 0 Å². The summed E-state index contributed by atoms with van der Waals surface area (Å²) in [6.45, 7) is 6.11. The maximum Gasteiger partial charge on any atom is 0.355 e. The molecule has 1 fully saturated rings. The number of nitrogens with zero attached hydrogens (tertiary/aromatic N) is 7. The fourth-order valence-corrected chi connectivity index (χ4v) is 6.29. The van der Waals surface area contributed by atoms with Crippen LogP contribution < -0.4 is 10.6 Å². The monoisotopic (exact) mass is 629 g/mol. The van der Waals surface area contributed by atoms with Crippen LogP contribution in [0, 0.1) is 11.6 Å². The number of pyridine rings is 2. The summed E-state index contributed by atoms with van der Waals surface area (Å²) in [4.78, 5) is 41.7. The molecule has 15 heteroatoms. The Bertz CT molecular complexity index is 1930. The van der Waals surface area contributed by atoms with Crippen LogP contribution in [0.25, 0.3) is 28.0 Å². The molecule has 11 nitrogen and oxygen atoms in total. The van der Waals surface area contributed by atoms with Crippen molar-refractivity contribution >= 4 is 44.4 Å². The number of rotatable bonds is 6. The zero-order chi connectivity index (χ0) is 31.2. The second kappa shape index (κ2) is 11.4. The van der Waals surface area contributed by atoms with Gasteiger partial charge in [-0.05, 0) is 37.3 Å². The minimum absolute atomic E-state index is 0.0423. The fourth-order valence-electron chi connectivity index (χ4n) is 5.00. The van der Waals surface area contributed by atoms with E-state index < -0.39 is 33.0 Å². The largest absolute Gasteiger partial charge is 0.355 e. The Hall–Kier alpha value is -4.27. The van der Waals surface area contributed by atoms with Gasteiger partial charge >= 0.3 is 5.69 Å². The first kappa shape index (κ1) is 30.2. The van der Waals surface area contributed by atoms with Gasteiger partial charge in [-0.25, -0.2) is 35.8 Å². The van der Waals surface area contributed by atoms with Gasteiger partial charge in [0.15, 0.2) is 11.5 Å².